The number of nitrogens with two attached hydrogens (primary N) is 2. The number of nitrogens with zero attached hydrogens (tertiary/aromatic N) is 1. The van der Waals surface area contributed by atoms with Crippen LogP contribution in [0.2, 0.25) is 0 Å². The van der Waals surface area contributed by atoms with Crippen molar-refractivity contribution in [2.75, 3.05) is 7.05 Å². The predicted octanol–water partition coefficient (Wildman–Crippen LogP) is 0.378. The zero-order valence-electron chi connectivity index (χ0n) is 5.81. The highest BCUT2D eigenvalue weighted by Gasteiger charge is 2.36. The van der Waals surface area contributed by atoms with Crippen molar-refractivity contribution in [3.05, 3.63) is 11.9 Å². The molecule has 0 amide bonds. The molecule has 0 aromatic carbocycles. The van der Waals surface area contributed by atoms with Crippen LogP contribution in [-0.2, 0) is 0 Å². The zero-order valence-corrected chi connectivity index (χ0v) is 5.81. The van der Waals surface area contributed by atoms with Crippen molar-refractivity contribution in [2.45, 2.75) is 6.18 Å². The van der Waals surface area contributed by atoms with Crippen LogP contribution in [0.1, 0.15) is 0 Å². The highest BCUT2D eigenvalue weighted by molar-refractivity contribution is 6.03. The van der Waals surface area contributed by atoms with Crippen molar-refractivity contribution in [2.24, 2.45) is 16.5 Å². The van der Waals surface area contributed by atoms with Crippen LogP contribution >= 0.6 is 0 Å². The van der Waals surface area contributed by atoms with Crippen LogP contribution in [0.15, 0.2) is 16.9 Å². The van der Waals surface area contributed by atoms with Crippen LogP contribution in [0.25, 0.3) is 0 Å². The Morgan fingerprint density at radius 2 is 1.91 bits per heavy atom. The van der Waals surface area contributed by atoms with Crippen molar-refractivity contribution in [1.29, 1.82) is 0 Å². The number of rotatable bonds is 1. The highest BCUT2D eigenvalue weighted by atomic mass is 19.4. The monoisotopic (exact) mass is 167 g/mol. The molecule has 0 saturated heterocycles. The van der Waals surface area contributed by atoms with Gasteiger partial charge in [-0.1, -0.05) is 0 Å². The minimum absolute atomic E-state index is 0.569. The first kappa shape index (κ1) is 9.80. The molecule has 0 spiro atoms. The van der Waals surface area contributed by atoms with E-state index in [0.29, 0.717) is 6.20 Å². The molecule has 0 aromatic rings. The number of halogens is 3. The first-order chi connectivity index (χ1) is 4.93. The molecule has 0 heterocycles. The Kier molecular flexibility index (Phi) is 2.91. The molecule has 0 fully saturated rings. The van der Waals surface area contributed by atoms with E-state index in [4.69, 9.17) is 11.5 Å². The lowest BCUT2D eigenvalue weighted by atomic mass is 10.3. The lowest BCUT2D eigenvalue weighted by Crippen LogP contribution is -2.29. The molecule has 0 aliphatic carbocycles. The second-order valence-electron chi connectivity index (χ2n) is 1.69. The molecule has 0 aliphatic rings. The summed E-state index contributed by atoms with van der Waals surface area (Å²) in [6, 6.07) is 0. The third-order valence-electron chi connectivity index (χ3n) is 0.945. The number of hydrogen-bond acceptors (Lipinski definition) is 3. The molecular weight excluding hydrogens is 159 g/mol. The summed E-state index contributed by atoms with van der Waals surface area (Å²) in [6.07, 6.45) is -3.87. The van der Waals surface area contributed by atoms with Gasteiger partial charge in [-0.25, -0.2) is 0 Å². The Bertz CT molecular complexity index is 192. The topological polar surface area (TPSA) is 64.4 Å². The first-order valence-electron chi connectivity index (χ1n) is 2.65. The van der Waals surface area contributed by atoms with E-state index in [1.165, 1.54) is 0 Å². The average Bonchev–Trinajstić information content (AvgIpc) is 1.86. The summed E-state index contributed by atoms with van der Waals surface area (Å²) >= 11 is 0. The van der Waals surface area contributed by atoms with Crippen molar-refractivity contribution in [1.82, 2.24) is 0 Å². The largest absolute Gasteiger partial charge is 0.435 e. The van der Waals surface area contributed by atoms with E-state index in [1.54, 1.807) is 0 Å². The van der Waals surface area contributed by atoms with Gasteiger partial charge in [-0.15, -0.1) is 0 Å². The van der Waals surface area contributed by atoms with Crippen molar-refractivity contribution in [3.8, 4) is 0 Å². The second kappa shape index (κ2) is 3.27. The summed E-state index contributed by atoms with van der Waals surface area (Å²) in [6.45, 7) is 0. The summed E-state index contributed by atoms with van der Waals surface area (Å²) in [5, 5.41) is 0. The summed E-state index contributed by atoms with van der Waals surface area (Å²) in [7, 11) is 0.999. The molecule has 3 nitrogen and oxygen atoms in total. The van der Waals surface area contributed by atoms with Gasteiger partial charge in [-0.2, -0.15) is 13.2 Å². The highest BCUT2D eigenvalue weighted by Crippen LogP contribution is 2.19. The van der Waals surface area contributed by atoms with Crippen molar-refractivity contribution in [3.63, 3.8) is 0 Å². The quantitative estimate of drug-likeness (QED) is 0.554. The normalized spacial score (nSPS) is 15.3. The molecule has 0 unspecified atom stereocenters. The molecule has 0 saturated carbocycles. The fourth-order valence-corrected chi connectivity index (χ4v) is 0.498. The van der Waals surface area contributed by atoms with Gasteiger partial charge in [0.05, 0.1) is 5.70 Å². The number of aliphatic imine (C=N–C) groups is 1. The Hall–Kier alpha value is -1.20. The van der Waals surface area contributed by atoms with E-state index >= 15 is 0 Å². The number of hydrogen-bond donors (Lipinski definition) is 2. The number of alkyl halides is 3. The van der Waals surface area contributed by atoms with Crippen LogP contribution in [0.5, 0.6) is 0 Å². The van der Waals surface area contributed by atoms with Gasteiger partial charge in [0.2, 0.25) is 0 Å². The lowest BCUT2D eigenvalue weighted by molar-refractivity contribution is -0.0583. The van der Waals surface area contributed by atoms with Gasteiger partial charge >= 0.3 is 6.18 Å². The second-order valence-corrected chi connectivity index (χ2v) is 1.69. The SMILES string of the molecule is CN=C(/C(N)=C\N)C(F)(F)F. The van der Waals surface area contributed by atoms with Crippen LogP contribution in [0, 0.1) is 0 Å². The minimum atomic E-state index is -4.53. The molecule has 0 aliphatic heterocycles. The maximum Gasteiger partial charge on any atom is 0.435 e. The fraction of sp³-hybridized carbons (Fsp3) is 0.400. The van der Waals surface area contributed by atoms with E-state index in [0.717, 1.165) is 7.05 Å². The van der Waals surface area contributed by atoms with Gasteiger partial charge in [-0.3, -0.25) is 4.99 Å². The smallest absolute Gasteiger partial charge is 0.403 e. The molecule has 11 heavy (non-hydrogen) atoms. The zero-order chi connectivity index (χ0) is 9.07. The standard InChI is InChI=1S/C5H8F3N3/c1-11-4(3(10)2-9)5(6,7)8/h2H,9-10H2,1H3/b3-2+,11-4?. The van der Waals surface area contributed by atoms with Crippen molar-refractivity contribution < 1.29 is 13.2 Å². The van der Waals surface area contributed by atoms with Gasteiger partial charge in [0.1, 0.15) is 0 Å². The first-order valence-corrected chi connectivity index (χ1v) is 2.65. The maximum atomic E-state index is 11.9. The Balaban J connectivity index is 4.73. The van der Waals surface area contributed by atoms with Gasteiger partial charge in [0.15, 0.2) is 5.71 Å². The van der Waals surface area contributed by atoms with E-state index < -0.39 is 17.6 Å². The van der Waals surface area contributed by atoms with Crippen LogP contribution < -0.4 is 11.5 Å². The predicted molar refractivity (Wildman–Crippen MR) is 35.9 cm³/mol. The Morgan fingerprint density at radius 1 is 1.45 bits per heavy atom. The Labute approximate surface area is 61.6 Å². The third-order valence-corrected chi connectivity index (χ3v) is 0.945. The molecule has 6 heteroatoms. The van der Waals surface area contributed by atoms with Gasteiger partial charge in [0, 0.05) is 13.2 Å². The summed E-state index contributed by atoms with van der Waals surface area (Å²) in [4.78, 5) is 2.95. The van der Waals surface area contributed by atoms with E-state index in [-0.39, 0.29) is 0 Å². The molecular formula is C5H8F3N3. The van der Waals surface area contributed by atoms with Gasteiger partial charge in [0.25, 0.3) is 0 Å². The van der Waals surface area contributed by atoms with Crippen LogP contribution in [-0.4, -0.2) is 18.9 Å². The van der Waals surface area contributed by atoms with Crippen LogP contribution in [0.3, 0.4) is 0 Å². The van der Waals surface area contributed by atoms with Gasteiger partial charge < -0.3 is 11.5 Å². The molecule has 64 valence electrons. The van der Waals surface area contributed by atoms with E-state index in [1.807, 2.05) is 0 Å². The van der Waals surface area contributed by atoms with E-state index in [2.05, 4.69) is 4.99 Å². The fourth-order valence-electron chi connectivity index (χ4n) is 0.498. The maximum absolute atomic E-state index is 11.9. The van der Waals surface area contributed by atoms with Gasteiger partial charge in [-0.05, 0) is 0 Å². The van der Waals surface area contributed by atoms with E-state index in [9.17, 15) is 13.2 Å². The summed E-state index contributed by atoms with van der Waals surface area (Å²) in [5.41, 5.74) is 7.95. The number of allylic oxidation sites excluding steroid dienone is 1. The molecule has 4 N–H and O–H groups in total. The lowest BCUT2D eigenvalue weighted by Gasteiger charge is -2.08. The van der Waals surface area contributed by atoms with Crippen molar-refractivity contribution >= 4 is 5.71 Å². The molecule has 0 bridgehead atoms. The van der Waals surface area contributed by atoms with Crippen LogP contribution in [0.4, 0.5) is 13.2 Å². The molecule has 0 atom stereocenters. The summed E-state index contributed by atoms with van der Waals surface area (Å²) in [5.74, 6) is 0. The Morgan fingerprint density at radius 3 is 2.00 bits per heavy atom. The molecule has 0 rings (SSSR count). The average molecular weight is 167 g/mol. The molecule has 0 radical (unpaired) electrons. The summed E-state index contributed by atoms with van der Waals surface area (Å²) < 4.78 is 35.6. The molecule has 0 aromatic heterocycles. The minimum Gasteiger partial charge on any atom is -0.403 e. The third kappa shape index (κ3) is 2.48.